The Morgan fingerprint density at radius 3 is 2.46 bits per heavy atom. The van der Waals surface area contributed by atoms with Crippen LogP contribution < -0.4 is 5.43 Å². The zero-order valence-corrected chi connectivity index (χ0v) is 15.6. The number of benzene rings is 2. The lowest BCUT2D eigenvalue weighted by molar-refractivity contribution is 0.0955. The molecule has 1 N–H and O–H groups in total. The first-order chi connectivity index (χ1) is 12.5. The van der Waals surface area contributed by atoms with Gasteiger partial charge in [0.15, 0.2) is 0 Å². The molecule has 0 aliphatic rings. The number of nitrogens with zero attached hydrogens (tertiary/aromatic N) is 2. The molecule has 132 valence electrons. The predicted molar refractivity (Wildman–Crippen MR) is 106 cm³/mol. The molecule has 1 amide bonds. The van der Waals surface area contributed by atoms with E-state index in [1.54, 1.807) is 18.3 Å². The van der Waals surface area contributed by atoms with Gasteiger partial charge in [-0.3, -0.25) is 4.79 Å². The molecule has 0 atom stereocenters. The molecule has 0 saturated carbocycles. The average molecular weight is 345 g/mol. The molecule has 0 aliphatic heterocycles. The molecular formula is C22H23N3O. The Morgan fingerprint density at radius 2 is 1.73 bits per heavy atom. The summed E-state index contributed by atoms with van der Waals surface area (Å²) in [6.45, 7) is 8.35. The van der Waals surface area contributed by atoms with Gasteiger partial charge >= 0.3 is 0 Å². The highest BCUT2D eigenvalue weighted by Gasteiger charge is 2.11. The van der Waals surface area contributed by atoms with Crippen molar-refractivity contribution in [1.29, 1.82) is 0 Å². The van der Waals surface area contributed by atoms with Crippen molar-refractivity contribution < 1.29 is 4.79 Å². The molecule has 0 aliphatic carbocycles. The first-order valence-electron chi connectivity index (χ1n) is 8.62. The minimum atomic E-state index is -0.217. The lowest BCUT2D eigenvalue weighted by Gasteiger charge is -2.13. The number of aryl methyl sites for hydroxylation is 3. The third kappa shape index (κ3) is 3.59. The number of hydrogen-bond donors (Lipinski definition) is 1. The maximum Gasteiger partial charge on any atom is 0.271 e. The van der Waals surface area contributed by atoms with Gasteiger partial charge in [-0.2, -0.15) is 5.10 Å². The van der Waals surface area contributed by atoms with Crippen molar-refractivity contribution in [3.8, 4) is 5.69 Å². The van der Waals surface area contributed by atoms with Crippen LogP contribution >= 0.6 is 0 Å². The SMILES string of the molecule is Cc1ccc(C)c(-n2c(C)cc(/C=N/NC(=O)c3ccccc3)c2C)c1. The van der Waals surface area contributed by atoms with Crippen LogP contribution in [0.4, 0.5) is 0 Å². The van der Waals surface area contributed by atoms with E-state index >= 15 is 0 Å². The van der Waals surface area contributed by atoms with Gasteiger partial charge in [0.05, 0.1) is 6.21 Å². The third-order valence-electron chi connectivity index (χ3n) is 4.48. The Bertz CT molecular complexity index is 969. The predicted octanol–water partition coefficient (Wildman–Crippen LogP) is 4.47. The number of amides is 1. The topological polar surface area (TPSA) is 46.4 Å². The van der Waals surface area contributed by atoms with E-state index in [0.717, 1.165) is 17.0 Å². The van der Waals surface area contributed by atoms with Gasteiger partial charge in [0.1, 0.15) is 0 Å². The van der Waals surface area contributed by atoms with E-state index in [1.165, 1.54) is 16.8 Å². The zero-order chi connectivity index (χ0) is 18.7. The Morgan fingerprint density at radius 1 is 1.00 bits per heavy atom. The lowest BCUT2D eigenvalue weighted by Crippen LogP contribution is -2.17. The summed E-state index contributed by atoms with van der Waals surface area (Å²) in [6, 6.07) is 17.6. The number of rotatable bonds is 4. The smallest absolute Gasteiger partial charge is 0.271 e. The highest BCUT2D eigenvalue weighted by atomic mass is 16.2. The van der Waals surface area contributed by atoms with Gasteiger partial charge in [0.2, 0.25) is 0 Å². The van der Waals surface area contributed by atoms with Crippen LogP contribution in [0, 0.1) is 27.7 Å². The van der Waals surface area contributed by atoms with E-state index in [-0.39, 0.29) is 5.91 Å². The van der Waals surface area contributed by atoms with Gasteiger partial charge in [0.25, 0.3) is 5.91 Å². The van der Waals surface area contributed by atoms with E-state index in [9.17, 15) is 4.79 Å². The molecule has 1 aromatic heterocycles. The molecule has 26 heavy (non-hydrogen) atoms. The third-order valence-corrected chi connectivity index (χ3v) is 4.48. The van der Waals surface area contributed by atoms with Crippen LogP contribution in [0.5, 0.6) is 0 Å². The second-order valence-electron chi connectivity index (χ2n) is 6.52. The van der Waals surface area contributed by atoms with Crippen LogP contribution in [0.3, 0.4) is 0 Å². The van der Waals surface area contributed by atoms with Gasteiger partial charge < -0.3 is 4.57 Å². The van der Waals surface area contributed by atoms with Crippen LogP contribution in [0.1, 0.15) is 38.4 Å². The summed E-state index contributed by atoms with van der Waals surface area (Å²) >= 11 is 0. The number of aromatic nitrogens is 1. The molecule has 0 radical (unpaired) electrons. The molecular weight excluding hydrogens is 322 g/mol. The Balaban J connectivity index is 1.84. The minimum Gasteiger partial charge on any atom is -0.318 e. The molecule has 0 saturated heterocycles. The summed E-state index contributed by atoms with van der Waals surface area (Å²) < 4.78 is 2.22. The van der Waals surface area contributed by atoms with Crippen molar-refractivity contribution in [2.45, 2.75) is 27.7 Å². The molecule has 0 unspecified atom stereocenters. The molecule has 1 heterocycles. The number of carbonyl (C=O) groups is 1. The van der Waals surface area contributed by atoms with Crippen LogP contribution in [-0.4, -0.2) is 16.7 Å². The van der Waals surface area contributed by atoms with Crippen molar-refractivity contribution in [3.63, 3.8) is 0 Å². The highest BCUT2D eigenvalue weighted by Crippen LogP contribution is 2.23. The Kier molecular flexibility index (Phi) is 5.03. The lowest BCUT2D eigenvalue weighted by atomic mass is 10.1. The first-order valence-corrected chi connectivity index (χ1v) is 8.62. The first kappa shape index (κ1) is 17.7. The summed E-state index contributed by atoms with van der Waals surface area (Å²) in [5, 5.41) is 4.13. The van der Waals surface area contributed by atoms with Crippen molar-refractivity contribution >= 4 is 12.1 Å². The van der Waals surface area contributed by atoms with Crippen LogP contribution in [0.15, 0.2) is 59.7 Å². The quantitative estimate of drug-likeness (QED) is 0.550. The summed E-state index contributed by atoms with van der Waals surface area (Å²) in [4.78, 5) is 12.1. The largest absolute Gasteiger partial charge is 0.318 e. The molecule has 3 rings (SSSR count). The van der Waals surface area contributed by atoms with Crippen molar-refractivity contribution in [2.24, 2.45) is 5.10 Å². The minimum absolute atomic E-state index is 0.217. The van der Waals surface area contributed by atoms with Gasteiger partial charge in [-0.15, -0.1) is 0 Å². The molecule has 0 spiro atoms. The number of carbonyl (C=O) groups excluding carboxylic acids is 1. The van der Waals surface area contributed by atoms with E-state index in [4.69, 9.17) is 0 Å². The van der Waals surface area contributed by atoms with E-state index < -0.39 is 0 Å². The summed E-state index contributed by atoms with van der Waals surface area (Å²) in [5.41, 5.74) is 10.00. The maximum atomic E-state index is 12.1. The summed E-state index contributed by atoms with van der Waals surface area (Å²) in [7, 11) is 0. The fraction of sp³-hybridized carbons (Fsp3) is 0.182. The van der Waals surface area contributed by atoms with Crippen LogP contribution in [0.2, 0.25) is 0 Å². The fourth-order valence-electron chi connectivity index (χ4n) is 3.06. The monoisotopic (exact) mass is 345 g/mol. The Hall–Kier alpha value is -3.14. The average Bonchev–Trinajstić information content (AvgIpc) is 2.91. The summed E-state index contributed by atoms with van der Waals surface area (Å²) in [6.07, 6.45) is 1.70. The number of nitrogens with one attached hydrogen (secondary N) is 1. The van der Waals surface area contributed by atoms with E-state index in [2.05, 4.69) is 67.1 Å². The van der Waals surface area contributed by atoms with Gasteiger partial charge in [0, 0.05) is 28.2 Å². The van der Waals surface area contributed by atoms with Gasteiger partial charge in [-0.05, 0) is 63.1 Å². The standard InChI is InChI=1S/C22H23N3O/c1-15-10-11-16(2)21(12-15)25-17(3)13-20(18(25)4)14-23-24-22(26)19-8-6-5-7-9-19/h5-14H,1-4H3,(H,24,26)/b23-14+. The summed E-state index contributed by atoms with van der Waals surface area (Å²) in [5.74, 6) is -0.217. The fourth-order valence-corrected chi connectivity index (χ4v) is 3.06. The second kappa shape index (κ2) is 7.40. The molecule has 4 heteroatoms. The van der Waals surface area contributed by atoms with Crippen molar-refractivity contribution in [3.05, 3.63) is 88.2 Å². The highest BCUT2D eigenvalue weighted by molar-refractivity contribution is 5.94. The number of hydrazone groups is 1. The van der Waals surface area contributed by atoms with Gasteiger partial charge in [-0.25, -0.2) is 5.43 Å². The number of hydrogen-bond acceptors (Lipinski definition) is 2. The molecule has 0 bridgehead atoms. The molecule has 4 nitrogen and oxygen atoms in total. The molecule has 0 fully saturated rings. The van der Waals surface area contributed by atoms with E-state index in [1.807, 2.05) is 18.2 Å². The van der Waals surface area contributed by atoms with Crippen LogP contribution in [-0.2, 0) is 0 Å². The zero-order valence-electron chi connectivity index (χ0n) is 15.6. The van der Waals surface area contributed by atoms with E-state index in [0.29, 0.717) is 5.56 Å². The molecule has 2 aromatic carbocycles. The molecule has 3 aromatic rings. The van der Waals surface area contributed by atoms with Crippen LogP contribution in [0.25, 0.3) is 5.69 Å². The maximum absolute atomic E-state index is 12.1. The normalized spacial score (nSPS) is 11.1. The Labute approximate surface area is 154 Å². The van der Waals surface area contributed by atoms with Crippen molar-refractivity contribution in [2.75, 3.05) is 0 Å². The van der Waals surface area contributed by atoms with Crippen molar-refractivity contribution in [1.82, 2.24) is 9.99 Å². The second-order valence-corrected chi connectivity index (χ2v) is 6.52. The van der Waals surface area contributed by atoms with Gasteiger partial charge in [-0.1, -0.05) is 30.3 Å².